The largest absolute Gasteiger partial charge is 0.457 e. The minimum atomic E-state index is 0.533. The minimum absolute atomic E-state index is 0.533. The predicted octanol–water partition coefficient (Wildman–Crippen LogP) is 4.98. The number of nitrogen functional groups attached to an aromatic ring is 1. The van der Waals surface area contributed by atoms with Gasteiger partial charge in [-0.3, -0.25) is 0 Å². The van der Waals surface area contributed by atoms with Crippen LogP contribution in [0, 0.1) is 0 Å². The molecule has 2 aromatic carbocycles. The van der Waals surface area contributed by atoms with E-state index >= 15 is 0 Å². The van der Waals surface area contributed by atoms with E-state index < -0.39 is 0 Å². The number of nitrogens with zero attached hydrogens (tertiary/aromatic N) is 1. The average molecular weight is 311 g/mol. The molecule has 0 fully saturated rings. The summed E-state index contributed by atoms with van der Waals surface area (Å²) in [7, 11) is 0. The molecule has 0 saturated carbocycles. The summed E-state index contributed by atoms with van der Waals surface area (Å²) in [5, 5.41) is 1.61. The van der Waals surface area contributed by atoms with Crippen LogP contribution in [0.1, 0.15) is 0 Å². The Bertz CT molecular complexity index is 737. The van der Waals surface area contributed by atoms with Gasteiger partial charge in [-0.1, -0.05) is 34.5 Å². The molecule has 0 aliphatic carbocycles. The lowest BCUT2D eigenvalue weighted by atomic mass is 10.3. The zero-order valence-corrected chi connectivity index (χ0v) is 11.9. The Morgan fingerprint density at radius 3 is 2.47 bits per heavy atom. The van der Waals surface area contributed by atoms with E-state index in [2.05, 4.69) is 4.98 Å². The van der Waals surface area contributed by atoms with E-state index in [9.17, 15) is 0 Å². The first kappa shape index (κ1) is 12.5. The molecule has 2 N–H and O–H groups in total. The van der Waals surface area contributed by atoms with Crippen molar-refractivity contribution in [2.24, 2.45) is 0 Å². The molecule has 1 aromatic heterocycles. The highest BCUT2D eigenvalue weighted by Crippen LogP contribution is 2.32. The van der Waals surface area contributed by atoms with E-state index in [-0.39, 0.29) is 0 Å². The fourth-order valence-corrected chi connectivity index (χ4v) is 2.98. The third-order valence-electron chi connectivity index (χ3n) is 2.45. The van der Waals surface area contributed by atoms with Gasteiger partial charge in [-0.15, -0.1) is 0 Å². The number of rotatable bonds is 2. The molecule has 0 aliphatic heterocycles. The predicted molar refractivity (Wildman–Crippen MR) is 80.6 cm³/mol. The van der Waals surface area contributed by atoms with Gasteiger partial charge in [0.05, 0.1) is 10.2 Å². The quantitative estimate of drug-likeness (QED) is 0.726. The molecule has 6 heteroatoms. The maximum atomic E-state index is 5.93. The number of anilines is 1. The Morgan fingerprint density at radius 1 is 1.00 bits per heavy atom. The zero-order chi connectivity index (χ0) is 13.4. The van der Waals surface area contributed by atoms with Crippen molar-refractivity contribution in [3.63, 3.8) is 0 Å². The number of hydrogen-bond donors (Lipinski definition) is 1. The van der Waals surface area contributed by atoms with E-state index in [0.717, 1.165) is 10.2 Å². The van der Waals surface area contributed by atoms with Gasteiger partial charge in [0.25, 0.3) is 0 Å². The molecule has 0 saturated heterocycles. The smallest absolute Gasteiger partial charge is 0.181 e. The Balaban J connectivity index is 1.95. The van der Waals surface area contributed by atoms with Crippen LogP contribution in [-0.2, 0) is 0 Å². The molecule has 19 heavy (non-hydrogen) atoms. The van der Waals surface area contributed by atoms with Crippen LogP contribution < -0.4 is 10.5 Å². The van der Waals surface area contributed by atoms with Crippen molar-refractivity contribution in [1.82, 2.24) is 4.98 Å². The van der Waals surface area contributed by atoms with Gasteiger partial charge in [0.2, 0.25) is 0 Å². The lowest BCUT2D eigenvalue weighted by Gasteiger charge is -2.06. The second-order valence-corrected chi connectivity index (χ2v) is 5.82. The molecule has 96 valence electrons. The van der Waals surface area contributed by atoms with E-state index in [0.29, 0.717) is 26.7 Å². The van der Waals surface area contributed by atoms with Crippen molar-refractivity contribution < 1.29 is 4.74 Å². The normalized spacial score (nSPS) is 10.8. The third-order valence-corrected chi connectivity index (χ3v) is 3.73. The van der Waals surface area contributed by atoms with Crippen LogP contribution in [0.3, 0.4) is 0 Å². The second kappa shape index (κ2) is 4.89. The fourth-order valence-electron chi connectivity index (χ4n) is 1.71. The highest BCUT2D eigenvalue weighted by Gasteiger charge is 2.05. The molecular weight excluding hydrogens is 303 g/mol. The van der Waals surface area contributed by atoms with Crippen LogP contribution in [0.5, 0.6) is 11.5 Å². The van der Waals surface area contributed by atoms with Gasteiger partial charge >= 0.3 is 0 Å². The first-order valence-electron chi connectivity index (χ1n) is 5.40. The number of halogens is 2. The number of fused-ring (bicyclic) bond motifs is 1. The molecule has 0 aliphatic rings. The zero-order valence-electron chi connectivity index (χ0n) is 9.56. The second-order valence-electron chi connectivity index (χ2n) is 3.89. The van der Waals surface area contributed by atoms with Crippen molar-refractivity contribution in [1.29, 1.82) is 0 Å². The molecule has 0 atom stereocenters. The third kappa shape index (κ3) is 2.76. The molecule has 3 nitrogen and oxygen atoms in total. The first-order valence-corrected chi connectivity index (χ1v) is 6.97. The number of aromatic nitrogens is 1. The molecule has 1 heterocycles. The van der Waals surface area contributed by atoms with Crippen molar-refractivity contribution >= 4 is 49.9 Å². The summed E-state index contributed by atoms with van der Waals surface area (Å²) >= 11 is 13.3. The number of ether oxygens (including phenoxy) is 1. The van der Waals surface area contributed by atoms with Crippen LogP contribution >= 0.6 is 34.5 Å². The van der Waals surface area contributed by atoms with E-state index in [1.165, 1.54) is 11.3 Å². The number of thiazole rings is 1. The Hall–Kier alpha value is -1.49. The topological polar surface area (TPSA) is 48.1 Å². The summed E-state index contributed by atoms with van der Waals surface area (Å²) in [6.45, 7) is 0. The van der Waals surface area contributed by atoms with E-state index in [1.54, 1.807) is 18.2 Å². The Morgan fingerprint density at radius 2 is 1.74 bits per heavy atom. The number of hydrogen-bond acceptors (Lipinski definition) is 4. The van der Waals surface area contributed by atoms with Gasteiger partial charge in [-0.05, 0) is 30.3 Å². The maximum absolute atomic E-state index is 5.93. The van der Waals surface area contributed by atoms with Crippen molar-refractivity contribution in [3.05, 3.63) is 46.4 Å². The molecule has 3 rings (SSSR count). The molecule has 3 aromatic rings. The first-order chi connectivity index (χ1) is 9.10. The highest BCUT2D eigenvalue weighted by molar-refractivity contribution is 7.22. The lowest BCUT2D eigenvalue weighted by molar-refractivity contribution is 0.483. The molecule has 0 unspecified atom stereocenters. The van der Waals surface area contributed by atoms with Crippen LogP contribution in [0.2, 0.25) is 10.0 Å². The van der Waals surface area contributed by atoms with Gasteiger partial charge in [-0.2, -0.15) is 0 Å². The lowest BCUT2D eigenvalue weighted by Crippen LogP contribution is -1.84. The van der Waals surface area contributed by atoms with Gasteiger partial charge < -0.3 is 10.5 Å². The van der Waals surface area contributed by atoms with Gasteiger partial charge in [-0.25, -0.2) is 4.98 Å². The minimum Gasteiger partial charge on any atom is -0.457 e. The Labute approximate surface area is 123 Å². The van der Waals surface area contributed by atoms with Crippen molar-refractivity contribution in [2.45, 2.75) is 0 Å². The van der Waals surface area contributed by atoms with Crippen LogP contribution in [0.4, 0.5) is 5.13 Å². The molecule has 0 bridgehead atoms. The molecule has 0 radical (unpaired) electrons. The summed E-state index contributed by atoms with van der Waals surface area (Å²) in [5.41, 5.74) is 6.52. The SMILES string of the molecule is Nc1nc2ccc(Oc3cc(Cl)cc(Cl)c3)cc2s1. The number of nitrogens with two attached hydrogens (primary N) is 1. The average Bonchev–Trinajstić information content (AvgIpc) is 2.67. The van der Waals surface area contributed by atoms with E-state index in [1.807, 2.05) is 18.2 Å². The highest BCUT2D eigenvalue weighted by atomic mass is 35.5. The van der Waals surface area contributed by atoms with Crippen LogP contribution in [0.15, 0.2) is 36.4 Å². The molecule has 0 amide bonds. The molecular formula is C13H8Cl2N2OS. The van der Waals surface area contributed by atoms with Gasteiger partial charge in [0, 0.05) is 16.1 Å². The van der Waals surface area contributed by atoms with Crippen LogP contribution in [0.25, 0.3) is 10.2 Å². The molecule has 0 spiro atoms. The summed E-state index contributed by atoms with van der Waals surface area (Å²) in [6, 6.07) is 10.7. The summed E-state index contributed by atoms with van der Waals surface area (Å²) in [6.07, 6.45) is 0. The summed E-state index contributed by atoms with van der Waals surface area (Å²) in [4.78, 5) is 4.19. The summed E-state index contributed by atoms with van der Waals surface area (Å²) < 4.78 is 6.70. The fraction of sp³-hybridized carbons (Fsp3) is 0. The monoisotopic (exact) mass is 310 g/mol. The van der Waals surface area contributed by atoms with Crippen molar-refractivity contribution in [2.75, 3.05) is 5.73 Å². The van der Waals surface area contributed by atoms with Gasteiger partial charge in [0.15, 0.2) is 5.13 Å². The maximum Gasteiger partial charge on any atom is 0.181 e. The van der Waals surface area contributed by atoms with Gasteiger partial charge in [0.1, 0.15) is 11.5 Å². The number of benzene rings is 2. The van der Waals surface area contributed by atoms with Crippen molar-refractivity contribution in [3.8, 4) is 11.5 Å². The van der Waals surface area contributed by atoms with Crippen LogP contribution in [-0.4, -0.2) is 4.98 Å². The summed E-state index contributed by atoms with van der Waals surface area (Å²) in [5.74, 6) is 1.28. The van der Waals surface area contributed by atoms with E-state index in [4.69, 9.17) is 33.7 Å². The Kier molecular flexibility index (Phi) is 3.22. The standard InChI is InChI=1S/C13H8Cl2N2OS/c14-7-3-8(15)5-10(4-7)18-9-1-2-11-12(6-9)19-13(16)17-11/h1-6H,(H2,16,17).